The summed E-state index contributed by atoms with van der Waals surface area (Å²) >= 11 is 0. The zero-order chi connectivity index (χ0) is 9.97. The van der Waals surface area contributed by atoms with Gasteiger partial charge in [-0.2, -0.15) is 0 Å². The Morgan fingerprint density at radius 2 is 2.57 bits per heavy atom. The molecule has 0 atom stereocenters. The van der Waals surface area contributed by atoms with E-state index in [1.807, 2.05) is 0 Å². The first-order valence-corrected chi connectivity index (χ1v) is 4.49. The first kappa shape index (κ1) is 8.82. The summed E-state index contributed by atoms with van der Waals surface area (Å²) in [5.41, 5.74) is 0.308. The first-order valence-electron chi connectivity index (χ1n) is 4.49. The van der Waals surface area contributed by atoms with Crippen LogP contribution >= 0.6 is 0 Å². The van der Waals surface area contributed by atoms with Crippen LogP contribution in [0.3, 0.4) is 0 Å². The van der Waals surface area contributed by atoms with Gasteiger partial charge in [-0.05, 0) is 12.8 Å². The lowest BCUT2D eigenvalue weighted by atomic mass is 10.3. The van der Waals surface area contributed by atoms with Crippen molar-refractivity contribution in [3.8, 4) is 12.3 Å². The van der Waals surface area contributed by atoms with E-state index < -0.39 is 0 Å². The molecule has 14 heavy (non-hydrogen) atoms. The third-order valence-corrected chi connectivity index (χ3v) is 2.09. The van der Waals surface area contributed by atoms with E-state index in [1.165, 1.54) is 0 Å². The second kappa shape index (κ2) is 3.54. The summed E-state index contributed by atoms with van der Waals surface area (Å²) in [6, 6.07) is 1.68. The van der Waals surface area contributed by atoms with Gasteiger partial charge < -0.3 is 9.84 Å². The van der Waals surface area contributed by atoms with E-state index in [0.29, 0.717) is 11.6 Å². The minimum absolute atomic E-state index is 0.213. The molecule has 0 bridgehead atoms. The van der Waals surface area contributed by atoms with Crippen LogP contribution in [0, 0.1) is 12.3 Å². The molecule has 4 nitrogen and oxygen atoms in total. The van der Waals surface area contributed by atoms with Crippen LogP contribution in [-0.4, -0.2) is 17.6 Å². The van der Waals surface area contributed by atoms with Crippen molar-refractivity contribution in [3.05, 3.63) is 17.5 Å². The van der Waals surface area contributed by atoms with Crippen molar-refractivity contribution in [2.45, 2.75) is 18.8 Å². The fourth-order valence-corrected chi connectivity index (χ4v) is 1.18. The maximum atomic E-state index is 11.3. The van der Waals surface area contributed by atoms with Crippen molar-refractivity contribution in [3.63, 3.8) is 0 Å². The Balaban J connectivity index is 2.01. The topological polar surface area (TPSA) is 55.1 Å². The number of carbonyl (C=O) groups is 1. The number of rotatable bonds is 3. The molecule has 1 aromatic heterocycles. The predicted octanol–water partition coefficient (Wildman–Crippen LogP) is 0.915. The Bertz CT molecular complexity index is 385. The van der Waals surface area contributed by atoms with Gasteiger partial charge >= 0.3 is 0 Å². The molecule has 4 heteroatoms. The lowest BCUT2D eigenvalue weighted by molar-refractivity contribution is 0.0949. The Morgan fingerprint density at radius 3 is 3.21 bits per heavy atom. The maximum absolute atomic E-state index is 11.3. The Morgan fingerprint density at radius 1 is 1.79 bits per heavy atom. The molecule has 1 aliphatic carbocycles. The van der Waals surface area contributed by atoms with Gasteiger partial charge in [0.15, 0.2) is 5.69 Å². The van der Waals surface area contributed by atoms with Crippen LogP contribution in [0.4, 0.5) is 0 Å². The Labute approximate surface area is 81.7 Å². The molecule has 1 aliphatic rings. The summed E-state index contributed by atoms with van der Waals surface area (Å²) in [7, 11) is 0. The zero-order valence-corrected chi connectivity index (χ0v) is 7.62. The zero-order valence-electron chi connectivity index (χ0n) is 7.62. The van der Waals surface area contributed by atoms with Gasteiger partial charge in [0.25, 0.3) is 5.91 Å². The monoisotopic (exact) mass is 190 g/mol. The van der Waals surface area contributed by atoms with Gasteiger partial charge in [-0.1, -0.05) is 11.1 Å². The standard InChI is InChI=1S/C10H10N2O2/c1-2-5-11-10(13)8-6-9(14-12-8)7-3-4-7/h1,6-7H,3-5H2,(H,11,13). The SMILES string of the molecule is C#CCNC(=O)c1cc(C2CC2)on1. The summed E-state index contributed by atoms with van der Waals surface area (Å²) < 4.78 is 5.03. The highest BCUT2D eigenvalue weighted by Crippen LogP contribution is 2.40. The van der Waals surface area contributed by atoms with Crippen molar-refractivity contribution in [2.75, 3.05) is 6.54 Å². The third kappa shape index (κ3) is 1.77. The van der Waals surface area contributed by atoms with Gasteiger partial charge in [-0.25, -0.2) is 0 Å². The molecule has 1 N–H and O–H groups in total. The van der Waals surface area contributed by atoms with Gasteiger partial charge in [0, 0.05) is 12.0 Å². The average molecular weight is 190 g/mol. The molecule has 1 heterocycles. The number of nitrogens with zero attached hydrogens (tertiary/aromatic N) is 1. The molecule has 2 rings (SSSR count). The molecule has 0 radical (unpaired) electrons. The third-order valence-electron chi connectivity index (χ3n) is 2.09. The van der Waals surface area contributed by atoms with Crippen molar-refractivity contribution >= 4 is 5.91 Å². The Kier molecular flexibility index (Phi) is 2.23. The van der Waals surface area contributed by atoms with Crippen LogP contribution in [0.15, 0.2) is 10.6 Å². The molecule has 1 aromatic rings. The first-order chi connectivity index (χ1) is 6.81. The number of amides is 1. The van der Waals surface area contributed by atoms with Gasteiger partial charge in [0.2, 0.25) is 0 Å². The van der Waals surface area contributed by atoms with Gasteiger partial charge in [-0.3, -0.25) is 4.79 Å². The highest BCUT2D eigenvalue weighted by Gasteiger charge is 2.28. The molecule has 0 spiro atoms. The smallest absolute Gasteiger partial charge is 0.274 e. The van der Waals surface area contributed by atoms with Crippen LogP contribution in [-0.2, 0) is 0 Å². The minimum Gasteiger partial charge on any atom is -0.360 e. The van der Waals surface area contributed by atoms with E-state index in [9.17, 15) is 4.79 Å². The van der Waals surface area contributed by atoms with Gasteiger partial charge in [-0.15, -0.1) is 6.42 Å². The highest BCUT2D eigenvalue weighted by molar-refractivity contribution is 5.92. The number of hydrogen-bond acceptors (Lipinski definition) is 3. The van der Waals surface area contributed by atoms with Crippen LogP contribution < -0.4 is 5.32 Å². The molecule has 1 saturated carbocycles. The molecular weight excluding hydrogens is 180 g/mol. The average Bonchev–Trinajstić information content (AvgIpc) is 2.93. The fourth-order valence-electron chi connectivity index (χ4n) is 1.18. The van der Waals surface area contributed by atoms with E-state index in [0.717, 1.165) is 18.6 Å². The molecule has 0 unspecified atom stereocenters. The van der Waals surface area contributed by atoms with Crippen molar-refractivity contribution in [2.24, 2.45) is 0 Å². The summed E-state index contributed by atoms with van der Waals surface area (Å²) in [5, 5.41) is 6.20. The second-order valence-corrected chi connectivity index (χ2v) is 3.28. The van der Waals surface area contributed by atoms with Crippen molar-refractivity contribution in [1.29, 1.82) is 0 Å². The van der Waals surface area contributed by atoms with E-state index in [2.05, 4.69) is 16.4 Å². The highest BCUT2D eigenvalue weighted by atomic mass is 16.5. The number of nitrogens with one attached hydrogen (secondary N) is 1. The van der Waals surface area contributed by atoms with Crippen molar-refractivity contribution < 1.29 is 9.32 Å². The number of carbonyl (C=O) groups excluding carboxylic acids is 1. The largest absolute Gasteiger partial charge is 0.360 e. The minimum atomic E-state index is -0.279. The van der Waals surface area contributed by atoms with Gasteiger partial charge in [0.1, 0.15) is 5.76 Å². The molecule has 0 aromatic carbocycles. The normalized spacial score (nSPS) is 14.8. The van der Waals surface area contributed by atoms with Crippen LogP contribution in [0.5, 0.6) is 0 Å². The van der Waals surface area contributed by atoms with E-state index in [-0.39, 0.29) is 12.5 Å². The summed E-state index contributed by atoms with van der Waals surface area (Å²) in [5.74, 6) is 3.31. The van der Waals surface area contributed by atoms with Crippen LogP contribution in [0.1, 0.15) is 35.0 Å². The quantitative estimate of drug-likeness (QED) is 0.721. The van der Waals surface area contributed by atoms with Crippen LogP contribution in [0.25, 0.3) is 0 Å². The summed E-state index contributed by atoms with van der Waals surface area (Å²) in [4.78, 5) is 11.3. The second-order valence-electron chi connectivity index (χ2n) is 3.28. The van der Waals surface area contributed by atoms with E-state index in [4.69, 9.17) is 10.9 Å². The maximum Gasteiger partial charge on any atom is 0.274 e. The van der Waals surface area contributed by atoms with Gasteiger partial charge in [0.05, 0.1) is 6.54 Å². The molecule has 1 fully saturated rings. The number of aromatic nitrogens is 1. The van der Waals surface area contributed by atoms with E-state index in [1.54, 1.807) is 6.07 Å². The van der Waals surface area contributed by atoms with E-state index >= 15 is 0 Å². The predicted molar refractivity (Wildman–Crippen MR) is 49.6 cm³/mol. The lowest BCUT2D eigenvalue weighted by Crippen LogP contribution is -2.23. The van der Waals surface area contributed by atoms with Crippen molar-refractivity contribution in [1.82, 2.24) is 10.5 Å². The molecule has 1 amide bonds. The summed E-state index contributed by atoms with van der Waals surface area (Å²) in [6.07, 6.45) is 7.26. The number of terminal acetylenes is 1. The number of hydrogen-bond donors (Lipinski definition) is 1. The van der Waals surface area contributed by atoms with Crippen LogP contribution in [0.2, 0.25) is 0 Å². The molecule has 0 saturated heterocycles. The molecule has 0 aliphatic heterocycles. The Hall–Kier alpha value is -1.76. The lowest BCUT2D eigenvalue weighted by Gasteiger charge is -1.93. The fraction of sp³-hybridized carbons (Fsp3) is 0.400. The molecular formula is C10H10N2O2. The summed E-state index contributed by atoms with van der Waals surface area (Å²) in [6.45, 7) is 0.213. The molecule has 72 valence electrons.